The van der Waals surface area contributed by atoms with Gasteiger partial charge in [-0.3, -0.25) is 9.59 Å². The minimum Gasteiger partial charge on any atom is -0.511 e. The highest BCUT2D eigenvalue weighted by Gasteiger charge is 2.33. The third-order valence-electron chi connectivity index (χ3n) is 4.63. The van der Waals surface area contributed by atoms with Gasteiger partial charge in [-0.15, -0.1) is 0 Å². The minimum atomic E-state index is -0.282. The van der Waals surface area contributed by atoms with Crippen molar-refractivity contribution in [1.29, 1.82) is 0 Å². The van der Waals surface area contributed by atoms with Crippen LogP contribution < -0.4 is 4.74 Å². The van der Waals surface area contributed by atoms with Crippen LogP contribution in [-0.2, 0) is 9.59 Å². The number of Topliss-reactive ketones (excluding diaryl/α,β-unsaturated/α-hetero) is 2. The Kier molecular flexibility index (Phi) is 5.21. The van der Waals surface area contributed by atoms with Crippen LogP contribution in [0.4, 0.5) is 0 Å². The number of carbonyl (C=O) groups is 2. The van der Waals surface area contributed by atoms with E-state index in [1.807, 2.05) is 55.5 Å². The van der Waals surface area contributed by atoms with Gasteiger partial charge in [0.1, 0.15) is 17.3 Å². The molecule has 26 heavy (non-hydrogen) atoms. The van der Waals surface area contributed by atoms with E-state index in [4.69, 9.17) is 4.74 Å². The van der Waals surface area contributed by atoms with E-state index in [2.05, 4.69) is 0 Å². The van der Waals surface area contributed by atoms with E-state index in [0.717, 1.165) is 16.9 Å². The van der Waals surface area contributed by atoms with Crippen molar-refractivity contribution in [3.05, 3.63) is 71.0 Å². The molecule has 1 N–H and O–H groups in total. The van der Waals surface area contributed by atoms with Crippen LogP contribution >= 0.6 is 0 Å². The lowest BCUT2D eigenvalue weighted by Crippen LogP contribution is -2.26. The van der Waals surface area contributed by atoms with Gasteiger partial charge in [-0.25, -0.2) is 0 Å². The Bertz CT molecular complexity index is 842. The first-order valence-electron chi connectivity index (χ1n) is 8.81. The van der Waals surface area contributed by atoms with Crippen molar-refractivity contribution in [2.24, 2.45) is 0 Å². The van der Waals surface area contributed by atoms with E-state index >= 15 is 0 Å². The first kappa shape index (κ1) is 17.9. The smallest absolute Gasteiger partial charge is 0.170 e. The average molecular weight is 350 g/mol. The van der Waals surface area contributed by atoms with Gasteiger partial charge in [-0.05, 0) is 42.7 Å². The van der Waals surface area contributed by atoms with Gasteiger partial charge in [0.2, 0.25) is 0 Å². The number of hydrogen-bond acceptors (Lipinski definition) is 4. The normalized spacial score (nSPS) is 17.3. The van der Waals surface area contributed by atoms with Gasteiger partial charge in [-0.1, -0.05) is 36.8 Å². The second-order valence-corrected chi connectivity index (χ2v) is 6.61. The molecule has 0 radical (unpaired) electrons. The zero-order chi connectivity index (χ0) is 18.7. The number of hydrogen-bond donors (Lipinski definition) is 1. The molecule has 4 nitrogen and oxygen atoms in total. The van der Waals surface area contributed by atoms with Crippen molar-refractivity contribution in [3.8, 4) is 11.5 Å². The number of ether oxygens (including phenoxy) is 1. The van der Waals surface area contributed by atoms with E-state index in [1.165, 1.54) is 0 Å². The molecule has 0 heterocycles. The Labute approximate surface area is 153 Å². The lowest BCUT2D eigenvalue weighted by molar-refractivity contribution is -0.124. The highest BCUT2D eigenvalue weighted by Crippen LogP contribution is 2.35. The average Bonchev–Trinajstić information content (AvgIpc) is 2.63. The summed E-state index contributed by atoms with van der Waals surface area (Å²) >= 11 is 0. The van der Waals surface area contributed by atoms with Gasteiger partial charge >= 0.3 is 0 Å². The molecule has 134 valence electrons. The van der Waals surface area contributed by atoms with E-state index in [1.54, 1.807) is 6.92 Å². The number of rotatable bonds is 4. The quantitative estimate of drug-likeness (QED) is 0.477. The van der Waals surface area contributed by atoms with Crippen LogP contribution in [0.3, 0.4) is 0 Å². The Morgan fingerprint density at radius 2 is 1.69 bits per heavy atom. The standard InChI is InChI=1S/C22H22O4/c1-3-19(23)22-20(24)12-16(13-21(22)25)15-5-4-6-18(11-15)26-17-9-7-14(2)8-10-17/h4-11,16,23H,3,12-13H2,1-2H3. The maximum atomic E-state index is 12.3. The summed E-state index contributed by atoms with van der Waals surface area (Å²) in [7, 11) is 0. The zero-order valence-corrected chi connectivity index (χ0v) is 15.0. The Hall–Kier alpha value is -2.88. The van der Waals surface area contributed by atoms with Gasteiger partial charge in [0.15, 0.2) is 11.6 Å². The maximum absolute atomic E-state index is 12.3. The molecule has 0 aliphatic heterocycles. The molecule has 1 aliphatic carbocycles. The second kappa shape index (κ2) is 7.56. The third kappa shape index (κ3) is 3.85. The summed E-state index contributed by atoms with van der Waals surface area (Å²) in [6.45, 7) is 3.74. The third-order valence-corrected chi connectivity index (χ3v) is 4.63. The van der Waals surface area contributed by atoms with Gasteiger partial charge in [-0.2, -0.15) is 0 Å². The van der Waals surface area contributed by atoms with Crippen molar-refractivity contribution in [2.45, 2.75) is 39.0 Å². The predicted molar refractivity (Wildman–Crippen MR) is 99.6 cm³/mol. The predicted octanol–water partition coefficient (Wildman–Crippen LogP) is 5.03. The SMILES string of the molecule is CCC(O)=C1C(=O)CC(c2cccc(Oc3ccc(C)cc3)c2)CC1=O. The van der Waals surface area contributed by atoms with Crippen LogP contribution in [0.25, 0.3) is 0 Å². The number of carbonyl (C=O) groups excluding carboxylic acids is 2. The molecule has 3 rings (SSSR count). The maximum Gasteiger partial charge on any atom is 0.170 e. The van der Waals surface area contributed by atoms with Crippen LogP contribution in [-0.4, -0.2) is 16.7 Å². The van der Waals surface area contributed by atoms with Gasteiger partial charge in [0, 0.05) is 19.3 Å². The summed E-state index contributed by atoms with van der Waals surface area (Å²) in [5, 5.41) is 9.83. The summed E-state index contributed by atoms with van der Waals surface area (Å²) in [6, 6.07) is 15.3. The molecule has 1 fully saturated rings. The number of ketones is 2. The van der Waals surface area contributed by atoms with Crippen LogP contribution in [0.2, 0.25) is 0 Å². The summed E-state index contributed by atoms with van der Waals surface area (Å²) in [5.41, 5.74) is 2.03. The first-order chi connectivity index (χ1) is 12.5. The molecular formula is C22H22O4. The molecular weight excluding hydrogens is 328 g/mol. The zero-order valence-electron chi connectivity index (χ0n) is 15.0. The summed E-state index contributed by atoms with van der Waals surface area (Å²) in [6.07, 6.45) is 0.732. The lowest BCUT2D eigenvalue weighted by atomic mass is 9.79. The fraction of sp³-hybridized carbons (Fsp3) is 0.273. The largest absolute Gasteiger partial charge is 0.511 e. The summed E-state index contributed by atoms with van der Waals surface area (Å²) < 4.78 is 5.88. The Morgan fingerprint density at radius 3 is 2.31 bits per heavy atom. The van der Waals surface area contributed by atoms with E-state index in [-0.39, 0.29) is 48.1 Å². The molecule has 4 heteroatoms. The highest BCUT2D eigenvalue weighted by atomic mass is 16.5. The molecule has 0 atom stereocenters. The van der Waals surface area contributed by atoms with Crippen molar-refractivity contribution in [3.63, 3.8) is 0 Å². The number of aliphatic hydroxyl groups excluding tert-OH is 1. The molecule has 0 unspecified atom stereocenters. The van der Waals surface area contributed by atoms with Gasteiger partial charge in [0.25, 0.3) is 0 Å². The van der Waals surface area contributed by atoms with Crippen LogP contribution in [0, 0.1) is 6.92 Å². The summed E-state index contributed by atoms with van der Waals surface area (Å²) in [4.78, 5) is 24.7. The molecule has 0 aromatic heterocycles. The monoisotopic (exact) mass is 350 g/mol. The molecule has 1 aliphatic rings. The Balaban J connectivity index is 1.79. The van der Waals surface area contributed by atoms with Crippen molar-refractivity contribution >= 4 is 11.6 Å². The second-order valence-electron chi connectivity index (χ2n) is 6.61. The van der Waals surface area contributed by atoms with Crippen LogP contribution in [0.15, 0.2) is 59.9 Å². The highest BCUT2D eigenvalue weighted by molar-refractivity contribution is 6.22. The van der Waals surface area contributed by atoms with Crippen molar-refractivity contribution < 1.29 is 19.4 Å². The number of allylic oxidation sites excluding steroid dienone is 2. The molecule has 2 aromatic rings. The van der Waals surface area contributed by atoms with Crippen LogP contribution in [0.5, 0.6) is 11.5 Å². The minimum absolute atomic E-state index is 0.0178. The number of benzene rings is 2. The molecule has 2 aromatic carbocycles. The number of aliphatic hydroxyl groups is 1. The van der Waals surface area contributed by atoms with E-state index in [9.17, 15) is 14.7 Å². The lowest BCUT2D eigenvalue weighted by Gasteiger charge is -2.23. The fourth-order valence-electron chi connectivity index (χ4n) is 3.19. The topological polar surface area (TPSA) is 63.6 Å². The van der Waals surface area contributed by atoms with E-state index in [0.29, 0.717) is 5.75 Å². The van der Waals surface area contributed by atoms with Gasteiger partial charge < -0.3 is 9.84 Å². The molecule has 0 bridgehead atoms. The molecule has 1 saturated carbocycles. The number of aryl methyl sites for hydroxylation is 1. The Morgan fingerprint density at radius 1 is 1.04 bits per heavy atom. The molecule has 0 spiro atoms. The first-order valence-corrected chi connectivity index (χ1v) is 8.81. The van der Waals surface area contributed by atoms with Crippen LogP contribution in [0.1, 0.15) is 43.2 Å². The van der Waals surface area contributed by atoms with Gasteiger partial charge in [0.05, 0.1) is 5.57 Å². The van der Waals surface area contributed by atoms with Crippen molar-refractivity contribution in [2.75, 3.05) is 0 Å². The molecule has 0 saturated heterocycles. The van der Waals surface area contributed by atoms with E-state index < -0.39 is 0 Å². The van der Waals surface area contributed by atoms with Crippen molar-refractivity contribution in [1.82, 2.24) is 0 Å². The summed E-state index contributed by atoms with van der Waals surface area (Å²) in [5.74, 6) is 0.552. The fourth-order valence-corrected chi connectivity index (χ4v) is 3.19. The molecule has 0 amide bonds.